The summed E-state index contributed by atoms with van der Waals surface area (Å²) in [6.07, 6.45) is 1.68. The zero-order chi connectivity index (χ0) is 17.4. The lowest BCUT2D eigenvalue weighted by Crippen LogP contribution is -2.09. The van der Waals surface area contributed by atoms with Gasteiger partial charge in [-0.3, -0.25) is 0 Å². The fraction of sp³-hybridized carbons (Fsp3) is 0.222. The lowest BCUT2D eigenvalue weighted by molar-refractivity contribution is 0.318. The molecule has 0 radical (unpaired) electrons. The van der Waals surface area contributed by atoms with Crippen molar-refractivity contribution >= 4 is 9.84 Å². The summed E-state index contributed by atoms with van der Waals surface area (Å²) in [7, 11) is -3.37. The molecule has 2 aromatic rings. The third kappa shape index (κ3) is 5.47. The average Bonchev–Trinajstić information content (AvgIpc) is 2.60. The molecule has 2 aromatic carbocycles. The standard InChI is InChI=1S/C18H20FNO3S/c19-16(10-12-20)14-23-17-6-8-18(9-7-17)24(21,22)13-11-15-4-2-1-3-5-15/h1-10H,11-14,20H2/b16-10-. The molecule has 0 saturated heterocycles. The Morgan fingerprint density at radius 3 is 2.38 bits per heavy atom. The van der Waals surface area contributed by atoms with Crippen LogP contribution in [0.3, 0.4) is 0 Å². The third-order valence-corrected chi connectivity index (χ3v) is 5.13. The summed E-state index contributed by atoms with van der Waals surface area (Å²) in [5.74, 6) is -0.0277. The quantitative estimate of drug-likeness (QED) is 0.796. The smallest absolute Gasteiger partial charge is 0.178 e. The maximum atomic E-state index is 13.2. The Labute approximate surface area is 141 Å². The highest BCUT2D eigenvalue weighted by atomic mass is 32.2. The van der Waals surface area contributed by atoms with E-state index in [1.165, 1.54) is 30.3 Å². The van der Waals surface area contributed by atoms with Gasteiger partial charge >= 0.3 is 0 Å². The number of nitrogens with two attached hydrogens (primary N) is 1. The van der Waals surface area contributed by atoms with Crippen molar-refractivity contribution in [3.8, 4) is 5.75 Å². The summed E-state index contributed by atoms with van der Waals surface area (Å²) in [5.41, 5.74) is 6.17. The molecule has 4 nitrogen and oxygen atoms in total. The van der Waals surface area contributed by atoms with E-state index in [-0.39, 0.29) is 23.8 Å². The predicted octanol–water partition coefficient (Wildman–Crippen LogP) is 2.89. The minimum atomic E-state index is -3.37. The first-order chi connectivity index (χ1) is 11.5. The number of halogens is 1. The third-order valence-electron chi connectivity index (χ3n) is 3.40. The maximum absolute atomic E-state index is 13.2. The number of ether oxygens (including phenoxy) is 1. The molecule has 0 fully saturated rings. The van der Waals surface area contributed by atoms with Gasteiger partial charge < -0.3 is 10.5 Å². The van der Waals surface area contributed by atoms with Crippen LogP contribution in [0.5, 0.6) is 5.75 Å². The average molecular weight is 349 g/mol. The molecule has 0 spiro atoms. The Morgan fingerprint density at radius 2 is 1.75 bits per heavy atom. The highest BCUT2D eigenvalue weighted by Crippen LogP contribution is 2.18. The van der Waals surface area contributed by atoms with Crippen LogP contribution < -0.4 is 10.5 Å². The van der Waals surface area contributed by atoms with Gasteiger partial charge in [0.2, 0.25) is 0 Å². The van der Waals surface area contributed by atoms with E-state index in [1.54, 1.807) is 0 Å². The number of aryl methyl sites for hydroxylation is 1. The molecule has 0 aromatic heterocycles. The van der Waals surface area contributed by atoms with E-state index in [2.05, 4.69) is 0 Å². The van der Waals surface area contributed by atoms with Crippen LogP contribution in [-0.4, -0.2) is 27.3 Å². The van der Waals surface area contributed by atoms with Crippen molar-refractivity contribution in [2.45, 2.75) is 11.3 Å². The van der Waals surface area contributed by atoms with E-state index in [0.717, 1.165) is 5.56 Å². The summed E-state index contributed by atoms with van der Waals surface area (Å²) < 4.78 is 43.1. The molecular weight excluding hydrogens is 329 g/mol. The van der Waals surface area contributed by atoms with E-state index in [9.17, 15) is 12.8 Å². The SMILES string of the molecule is NC/C=C(\F)COc1ccc(S(=O)(=O)CCc2ccccc2)cc1. The van der Waals surface area contributed by atoms with Crippen molar-refractivity contribution in [1.82, 2.24) is 0 Å². The number of hydrogen-bond acceptors (Lipinski definition) is 4. The van der Waals surface area contributed by atoms with Gasteiger partial charge in [-0.05, 0) is 42.3 Å². The zero-order valence-electron chi connectivity index (χ0n) is 13.2. The summed E-state index contributed by atoms with van der Waals surface area (Å²) in [4.78, 5) is 0.226. The molecule has 0 bridgehead atoms. The van der Waals surface area contributed by atoms with Crippen molar-refractivity contribution in [1.29, 1.82) is 0 Å². The zero-order valence-corrected chi connectivity index (χ0v) is 14.0. The van der Waals surface area contributed by atoms with Crippen molar-refractivity contribution in [3.05, 3.63) is 72.1 Å². The van der Waals surface area contributed by atoms with Crippen LogP contribution in [0.25, 0.3) is 0 Å². The number of benzene rings is 2. The van der Waals surface area contributed by atoms with Gasteiger partial charge in [0.25, 0.3) is 0 Å². The molecule has 0 atom stereocenters. The Bertz CT molecular complexity index is 772. The van der Waals surface area contributed by atoms with Crippen LogP contribution in [0.1, 0.15) is 5.56 Å². The van der Waals surface area contributed by atoms with Crippen LogP contribution in [0, 0.1) is 0 Å². The van der Waals surface area contributed by atoms with E-state index >= 15 is 0 Å². The molecule has 0 aliphatic heterocycles. The molecule has 24 heavy (non-hydrogen) atoms. The second kappa shape index (κ2) is 8.61. The van der Waals surface area contributed by atoms with E-state index < -0.39 is 15.7 Å². The Balaban J connectivity index is 1.97. The first kappa shape index (κ1) is 18.2. The van der Waals surface area contributed by atoms with Crippen LogP contribution in [0.2, 0.25) is 0 Å². The fourth-order valence-corrected chi connectivity index (χ4v) is 3.39. The fourth-order valence-electron chi connectivity index (χ4n) is 2.10. The second-order valence-corrected chi connectivity index (χ2v) is 7.31. The van der Waals surface area contributed by atoms with E-state index in [0.29, 0.717) is 12.2 Å². The summed E-state index contributed by atoms with van der Waals surface area (Å²) in [6.45, 7) is -0.120. The molecule has 0 amide bonds. The van der Waals surface area contributed by atoms with Crippen molar-refractivity contribution in [3.63, 3.8) is 0 Å². The molecule has 0 unspecified atom stereocenters. The molecule has 0 aliphatic carbocycles. The van der Waals surface area contributed by atoms with Gasteiger partial charge in [0.05, 0.1) is 10.6 Å². The normalized spacial score (nSPS) is 12.2. The van der Waals surface area contributed by atoms with Crippen LogP contribution in [0.4, 0.5) is 4.39 Å². The first-order valence-corrected chi connectivity index (χ1v) is 9.20. The Hall–Kier alpha value is -2.18. The van der Waals surface area contributed by atoms with Crippen LogP contribution in [0.15, 0.2) is 71.4 Å². The monoisotopic (exact) mass is 349 g/mol. The molecular formula is C18H20FNO3S. The molecule has 0 aliphatic rings. The number of sulfone groups is 1. The largest absolute Gasteiger partial charge is 0.487 e. The van der Waals surface area contributed by atoms with E-state index in [4.69, 9.17) is 10.5 Å². The minimum absolute atomic E-state index is 0.0328. The van der Waals surface area contributed by atoms with Gasteiger partial charge in [-0.2, -0.15) is 0 Å². The lowest BCUT2D eigenvalue weighted by Gasteiger charge is -2.07. The highest BCUT2D eigenvalue weighted by molar-refractivity contribution is 7.91. The molecule has 2 N–H and O–H groups in total. The Kier molecular flexibility index (Phi) is 6.52. The van der Waals surface area contributed by atoms with Crippen LogP contribution in [-0.2, 0) is 16.3 Å². The summed E-state index contributed by atoms with van der Waals surface area (Å²) in [6, 6.07) is 15.4. The highest BCUT2D eigenvalue weighted by Gasteiger charge is 2.14. The molecule has 128 valence electrons. The van der Waals surface area contributed by atoms with Gasteiger partial charge in [0.15, 0.2) is 9.84 Å². The summed E-state index contributed by atoms with van der Waals surface area (Å²) >= 11 is 0. The molecule has 0 saturated carbocycles. The predicted molar refractivity (Wildman–Crippen MR) is 92.4 cm³/mol. The lowest BCUT2D eigenvalue weighted by atomic mass is 10.2. The van der Waals surface area contributed by atoms with Gasteiger partial charge in [-0.15, -0.1) is 0 Å². The maximum Gasteiger partial charge on any atom is 0.178 e. The van der Waals surface area contributed by atoms with Gasteiger partial charge in [-0.25, -0.2) is 12.8 Å². The van der Waals surface area contributed by atoms with Crippen molar-refractivity contribution < 1.29 is 17.5 Å². The molecule has 0 heterocycles. The van der Waals surface area contributed by atoms with Gasteiger partial charge in [-0.1, -0.05) is 30.3 Å². The van der Waals surface area contributed by atoms with Crippen molar-refractivity contribution in [2.24, 2.45) is 5.73 Å². The Morgan fingerprint density at radius 1 is 1.08 bits per heavy atom. The number of hydrogen-bond donors (Lipinski definition) is 1. The van der Waals surface area contributed by atoms with Crippen molar-refractivity contribution in [2.75, 3.05) is 18.9 Å². The summed E-state index contributed by atoms with van der Waals surface area (Å²) in [5, 5.41) is 0. The molecule has 2 rings (SSSR count). The first-order valence-electron chi connectivity index (χ1n) is 7.55. The van der Waals surface area contributed by atoms with Crippen LogP contribution >= 0.6 is 0 Å². The minimum Gasteiger partial charge on any atom is -0.487 e. The number of rotatable bonds is 8. The molecule has 6 heteroatoms. The second-order valence-electron chi connectivity index (χ2n) is 5.20. The van der Waals surface area contributed by atoms with Gasteiger partial charge in [0.1, 0.15) is 18.2 Å². The topological polar surface area (TPSA) is 69.4 Å². The van der Waals surface area contributed by atoms with E-state index in [1.807, 2.05) is 30.3 Å². The van der Waals surface area contributed by atoms with Gasteiger partial charge in [0, 0.05) is 6.54 Å².